The minimum absolute atomic E-state index is 0.100. The highest BCUT2D eigenvalue weighted by Crippen LogP contribution is 2.55. The summed E-state index contributed by atoms with van der Waals surface area (Å²) in [6.45, 7) is 13.6. The summed E-state index contributed by atoms with van der Waals surface area (Å²) in [6, 6.07) is 14.5. The van der Waals surface area contributed by atoms with Gasteiger partial charge in [0.1, 0.15) is 11.2 Å². The molecule has 0 aliphatic heterocycles. The number of benzene rings is 2. The van der Waals surface area contributed by atoms with Gasteiger partial charge in [-0.15, -0.1) is 0 Å². The Balaban J connectivity index is 1.84. The van der Waals surface area contributed by atoms with Crippen LogP contribution in [0.1, 0.15) is 39.7 Å². The van der Waals surface area contributed by atoms with Crippen molar-refractivity contribution in [2.75, 3.05) is 7.05 Å². The third kappa shape index (κ3) is 2.84. The molecule has 0 bridgehead atoms. The molecular formula is C25H27NO. The van der Waals surface area contributed by atoms with Gasteiger partial charge in [0.2, 0.25) is 0 Å². The minimum atomic E-state index is 0.100. The predicted octanol–water partition coefficient (Wildman–Crippen LogP) is 6.94. The third-order valence-corrected chi connectivity index (χ3v) is 5.95. The highest BCUT2D eigenvalue weighted by Gasteiger charge is 2.43. The highest BCUT2D eigenvalue weighted by atomic mass is 16.3. The molecule has 3 aromatic rings. The van der Waals surface area contributed by atoms with E-state index in [9.17, 15) is 0 Å². The Labute approximate surface area is 161 Å². The van der Waals surface area contributed by atoms with E-state index in [-0.39, 0.29) is 10.8 Å². The Kier molecular flexibility index (Phi) is 3.92. The number of nitrogens with zero attached hydrogens (tertiary/aromatic N) is 1. The molecule has 0 atom stereocenters. The standard InChI is InChI=1S/C25H27NO/c1-16-20(25(4,5)15-24(16,2)3)14-21(26-6)17-11-12-23-19(13-17)18-9-7-8-10-22(18)27-23/h7-14H,1,15H2,2-6H3/b20-14+,26-21?. The molecule has 1 aliphatic carbocycles. The maximum Gasteiger partial charge on any atom is 0.135 e. The van der Waals surface area contributed by atoms with E-state index in [1.807, 2.05) is 31.3 Å². The first-order chi connectivity index (χ1) is 12.7. The number of allylic oxidation sites excluding steroid dienone is 3. The van der Waals surface area contributed by atoms with Gasteiger partial charge in [-0.2, -0.15) is 0 Å². The summed E-state index contributed by atoms with van der Waals surface area (Å²) >= 11 is 0. The largest absolute Gasteiger partial charge is 0.456 e. The van der Waals surface area contributed by atoms with Crippen LogP contribution in [-0.4, -0.2) is 12.8 Å². The summed E-state index contributed by atoms with van der Waals surface area (Å²) < 4.78 is 5.96. The van der Waals surface area contributed by atoms with Crippen molar-refractivity contribution >= 4 is 27.7 Å². The van der Waals surface area contributed by atoms with Crippen molar-refractivity contribution in [3.8, 4) is 0 Å². The van der Waals surface area contributed by atoms with Gasteiger partial charge in [0.25, 0.3) is 0 Å². The molecule has 0 radical (unpaired) electrons. The lowest BCUT2D eigenvalue weighted by Crippen LogP contribution is -2.12. The molecule has 27 heavy (non-hydrogen) atoms. The maximum atomic E-state index is 5.96. The van der Waals surface area contributed by atoms with Gasteiger partial charge in [-0.3, -0.25) is 4.99 Å². The molecule has 2 nitrogen and oxygen atoms in total. The number of aliphatic imine (C=N–C) groups is 1. The molecule has 1 aromatic heterocycles. The summed E-state index contributed by atoms with van der Waals surface area (Å²) in [5, 5.41) is 2.27. The lowest BCUT2D eigenvalue weighted by molar-refractivity contribution is 0.339. The quantitative estimate of drug-likeness (QED) is 0.456. The predicted molar refractivity (Wildman–Crippen MR) is 116 cm³/mol. The first kappa shape index (κ1) is 17.8. The van der Waals surface area contributed by atoms with E-state index in [0.29, 0.717) is 0 Å². The van der Waals surface area contributed by atoms with Crippen molar-refractivity contribution in [1.29, 1.82) is 0 Å². The van der Waals surface area contributed by atoms with Crippen molar-refractivity contribution in [1.82, 2.24) is 0 Å². The van der Waals surface area contributed by atoms with Gasteiger partial charge < -0.3 is 4.42 Å². The molecule has 0 N–H and O–H groups in total. The normalized spacial score (nSPS) is 20.9. The average molecular weight is 357 g/mol. The summed E-state index contributed by atoms with van der Waals surface area (Å²) in [5.41, 5.74) is 6.69. The second-order valence-corrected chi connectivity index (χ2v) is 8.90. The topological polar surface area (TPSA) is 25.5 Å². The zero-order valence-electron chi connectivity index (χ0n) is 16.9. The van der Waals surface area contributed by atoms with Crippen molar-refractivity contribution in [3.05, 3.63) is 71.8 Å². The fourth-order valence-electron chi connectivity index (χ4n) is 4.66. The van der Waals surface area contributed by atoms with Crippen LogP contribution in [0.25, 0.3) is 21.9 Å². The van der Waals surface area contributed by atoms with E-state index in [1.165, 1.54) is 11.1 Å². The van der Waals surface area contributed by atoms with Crippen LogP contribution < -0.4 is 0 Å². The Morgan fingerprint density at radius 2 is 1.70 bits per heavy atom. The SMILES string of the molecule is C=C1/C(=C\C(=NC)c2ccc3oc4ccccc4c3c2)C(C)(C)CC1(C)C. The molecule has 1 fully saturated rings. The number of fused-ring (bicyclic) bond motifs is 3. The fourth-order valence-corrected chi connectivity index (χ4v) is 4.66. The summed E-state index contributed by atoms with van der Waals surface area (Å²) in [7, 11) is 1.86. The van der Waals surface area contributed by atoms with Crippen LogP contribution in [0.5, 0.6) is 0 Å². The smallest absolute Gasteiger partial charge is 0.135 e. The molecular weight excluding hydrogens is 330 g/mol. The highest BCUT2D eigenvalue weighted by molar-refractivity contribution is 6.13. The van der Waals surface area contributed by atoms with Gasteiger partial charge in [0.15, 0.2) is 0 Å². The molecule has 0 saturated heterocycles. The molecule has 2 heteroatoms. The van der Waals surface area contributed by atoms with Gasteiger partial charge >= 0.3 is 0 Å². The molecule has 1 saturated carbocycles. The van der Waals surface area contributed by atoms with Crippen LogP contribution in [0.2, 0.25) is 0 Å². The van der Waals surface area contributed by atoms with Crippen molar-refractivity contribution in [2.45, 2.75) is 34.1 Å². The monoisotopic (exact) mass is 357 g/mol. The van der Waals surface area contributed by atoms with E-state index in [0.717, 1.165) is 39.6 Å². The number of hydrogen-bond donors (Lipinski definition) is 0. The van der Waals surface area contributed by atoms with Crippen LogP contribution in [-0.2, 0) is 0 Å². The second-order valence-electron chi connectivity index (χ2n) is 8.90. The number of furan rings is 1. The molecule has 1 heterocycles. The molecule has 1 aliphatic rings. The van der Waals surface area contributed by atoms with E-state index in [2.05, 4.69) is 63.5 Å². The Bertz CT molecular complexity index is 1120. The minimum Gasteiger partial charge on any atom is -0.456 e. The molecule has 0 unspecified atom stereocenters. The zero-order valence-corrected chi connectivity index (χ0v) is 16.9. The Morgan fingerprint density at radius 3 is 2.37 bits per heavy atom. The number of hydrogen-bond acceptors (Lipinski definition) is 2. The number of para-hydroxylation sites is 1. The molecule has 0 amide bonds. The molecule has 0 spiro atoms. The number of rotatable bonds is 2. The van der Waals surface area contributed by atoms with Crippen LogP contribution in [0.3, 0.4) is 0 Å². The van der Waals surface area contributed by atoms with Crippen LogP contribution in [0.4, 0.5) is 0 Å². The van der Waals surface area contributed by atoms with Gasteiger partial charge in [-0.05, 0) is 58.7 Å². The van der Waals surface area contributed by atoms with Gasteiger partial charge in [-0.25, -0.2) is 0 Å². The van der Waals surface area contributed by atoms with E-state index in [1.54, 1.807) is 0 Å². The van der Waals surface area contributed by atoms with Gasteiger partial charge in [-0.1, -0.05) is 52.5 Å². The summed E-state index contributed by atoms with van der Waals surface area (Å²) in [4.78, 5) is 4.61. The van der Waals surface area contributed by atoms with Crippen LogP contribution >= 0.6 is 0 Å². The maximum absolute atomic E-state index is 5.96. The Hall–Kier alpha value is -2.61. The summed E-state index contributed by atoms with van der Waals surface area (Å²) in [6.07, 6.45) is 3.34. The third-order valence-electron chi connectivity index (χ3n) is 5.95. The lowest BCUT2D eigenvalue weighted by Gasteiger charge is -2.21. The van der Waals surface area contributed by atoms with Crippen molar-refractivity contribution in [3.63, 3.8) is 0 Å². The zero-order chi connectivity index (χ0) is 19.4. The van der Waals surface area contributed by atoms with Crippen molar-refractivity contribution in [2.24, 2.45) is 15.8 Å². The van der Waals surface area contributed by atoms with E-state index < -0.39 is 0 Å². The van der Waals surface area contributed by atoms with Gasteiger partial charge in [0, 0.05) is 23.4 Å². The fraction of sp³-hybridized carbons (Fsp3) is 0.320. The van der Waals surface area contributed by atoms with Gasteiger partial charge in [0.05, 0.1) is 5.71 Å². The first-order valence-electron chi connectivity index (χ1n) is 9.53. The molecule has 4 rings (SSSR count). The van der Waals surface area contributed by atoms with Crippen LogP contribution in [0, 0.1) is 10.8 Å². The second kappa shape index (κ2) is 5.95. The molecule has 2 aromatic carbocycles. The van der Waals surface area contributed by atoms with E-state index in [4.69, 9.17) is 4.42 Å². The average Bonchev–Trinajstić information content (AvgIpc) is 3.05. The van der Waals surface area contributed by atoms with Crippen LogP contribution in [0.15, 0.2) is 75.7 Å². The van der Waals surface area contributed by atoms with E-state index >= 15 is 0 Å². The molecule has 138 valence electrons. The lowest BCUT2D eigenvalue weighted by atomic mass is 9.83. The van der Waals surface area contributed by atoms with Crippen molar-refractivity contribution < 1.29 is 4.42 Å². The summed E-state index contributed by atoms with van der Waals surface area (Å²) in [5.74, 6) is 0. The Morgan fingerprint density at radius 1 is 1.00 bits per heavy atom. The first-order valence-corrected chi connectivity index (χ1v) is 9.53.